The fraction of sp³-hybridized carbons (Fsp3) is 0.750. The summed E-state index contributed by atoms with van der Waals surface area (Å²) in [5, 5.41) is 0. The first-order valence-corrected chi connectivity index (χ1v) is 7.41. The van der Waals surface area contributed by atoms with Crippen LogP contribution >= 0.6 is 11.8 Å². The summed E-state index contributed by atoms with van der Waals surface area (Å²) in [5.74, 6) is 0.284. The third kappa shape index (κ3) is 4.74. The number of hydrogen-bond acceptors (Lipinski definition) is 5. The molecule has 1 aliphatic rings. The first-order valence-electron chi connectivity index (χ1n) is 6.26. The fourth-order valence-electron chi connectivity index (χ4n) is 1.70. The monoisotopic (exact) mass is 288 g/mol. The maximum absolute atomic E-state index is 12.1. The number of hydrogen-bond donors (Lipinski definition) is 0. The van der Waals surface area contributed by atoms with E-state index in [0.29, 0.717) is 18.2 Å². The van der Waals surface area contributed by atoms with Crippen molar-refractivity contribution in [2.24, 2.45) is 0 Å². The van der Waals surface area contributed by atoms with Crippen molar-refractivity contribution in [3.8, 4) is 0 Å². The molecule has 0 saturated carbocycles. The molecular weight excluding hydrogens is 268 g/mol. The van der Waals surface area contributed by atoms with Crippen molar-refractivity contribution in [2.75, 3.05) is 31.3 Å². The Morgan fingerprint density at radius 1 is 1.47 bits per heavy atom. The second-order valence-corrected chi connectivity index (χ2v) is 5.44. The smallest absolute Gasteiger partial charge is 0.325 e. The van der Waals surface area contributed by atoms with E-state index in [2.05, 4.69) is 0 Å². The van der Waals surface area contributed by atoms with E-state index in [9.17, 15) is 14.4 Å². The Bertz CT molecular complexity index is 360. The SMILES string of the molecule is CCOC(=O)CN(C(=O)CN1CSCC1=O)C(C)C. The molecule has 0 radical (unpaired) electrons. The molecule has 0 unspecified atom stereocenters. The lowest BCUT2D eigenvalue weighted by Crippen LogP contribution is -2.46. The second kappa shape index (κ2) is 7.37. The van der Waals surface area contributed by atoms with Gasteiger partial charge in [-0.05, 0) is 20.8 Å². The Hall–Kier alpha value is -1.24. The van der Waals surface area contributed by atoms with Crippen molar-refractivity contribution >= 4 is 29.5 Å². The molecule has 0 spiro atoms. The van der Waals surface area contributed by atoms with Gasteiger partial charge < -0.3 is 14.5 Å². The molecule has 6 nitrogen and oxygen atoms in total. The molecule has 108 valence electrons. The number of rotatable bonds is 6. The number of amides is 2. The molecule has 1 fully saturated rings. The summed E-state index contributed by atoms with van der Waals surface area (Å²) in [6, 6.07) is -0.109. The summed E-state index contributed by atoms with van der Waals surface area (Å²) in [4.78, 5) is 38.0. The van der Waals surface area contributed by atoms with Gasteiger partial charge in [0.05, 0.1) is 18.2 Å². The number of nitrogens with zero attached hydrogens (tertiary/aromatic N) is 2. The summed E-state index contributed by atoms with van der Waals surface area (Å²) in [5.41, 5.74) is 0. The zero-order valence-corrected chi connectivity index (χ0v) is 12.4. The van der Waals surface area contributed by atoms with Crippen LogP contribution in [0, 0.1) is 0 Å². The lowest BCUT2D eigenvalue weighted by atomic mass is 10.3. The van der Waals surface area contributed by atoms with Crippen LogP contribution in [0.15, 0.2) is 0 Å². The summed E-state index contributed by atoms with van der Waals surface area (Å²) in [7, 11) is 0. The van der Waals surface area contributed by atoms with Crippen molar-refractivity contribution in [2.45, 2.75) is 26.8 Å². The standard InChI is InChI=1S/C12H20N2O4S/c1-4-18-12(17)6-14(9(2)3)10(15)5-13-8-19-7-11(13)16/h9H,4-8H2,1-3H3. The van der Waals surface area contributed by atoms with Crippen LogP contribution in [0.1, 0.15) is 20.8 Å². The molecule has 0 aromatic rings. The van der Waals surface area contributed by atoms with Crippen molar-refractivity contribution in [3.05, 3.63) is 0 Å². The maximum Gasteiger partial charge on any atom is 0.325 e. The highest BCUT2D eigenvalue weighted by molar-refractivity contribution is 8.00. The summed E-state index contributed by atoms with van der Waals surface area (Å²) < 4.78 is 4.85. The largest absolute Gasteiger partial charge is 0.465 e. The highest BCUT2D eigenvalue weighted by Crippen LogP contribution is 2.15. The molecule has 1 saturated heterocycles. The van der Waals surface area contributed by atoms with Gasteiger partial charge in [0.2, 0.25) is 11.8 Å². The molecule has 0 atom stereocenters. The first kappa shape index (κ1) is 15.8. The van der Waals surface area contributed by atoms with Crippen molar-refractivity contribution in [1.29, 1.82) is 0 Å². The van der Waals surface area contributed by atoms with Crippen LogP contribution in [-0.2, 0) is 19.1 Å². The van der Waals surface area contributed by atoms with Crippen LogP contribution < -0.4 is 0 Å². The van der Waals surface area contributed by atoms with E-state index in [1.807, 2.05) is 13.8 Å². The Balaban J connectivity index is 2.57. The quantitative estimate of drug-likeness (QED) is 0.659. The molecule has 0 aromatic carbocycles. The third-order valence-electron chi connectivity index (χ3n) is 2.70. The zero-order valence-electron chi connectivity index (χ0n) is 11.5. The minimum Gasteiger partial charge on any atom is -0.465 e. The van der Waals surface area contributed by atoms with E-state index in [0.717, 1.165) is 0 Å². The minimum absolute atomic E-state index is 0.0295. The van der Waals surface area contributed by atoms with Gasteiger partial charge in [0, 0.05) is 6.04 Å². The topological polar surface area (TPSA) is 66.9 Å². The average Bonchev–Trinajstić information content (AvgIpc) is 2.72. The number of carbonyl (C=O) groups is 3. The van der Waals surface area contributed by atoms with Gasteiger partial charge in [-0.1, -0.05) is 0 Å². The number of esters is 1. The van der Waals surface area contributed by atoms with Gasteiger partial charge in [-0.15, -0.1) is 11.8 Å². The average molecular weight is 288 g/mol. The van der Waals surface area contributed by atoms with E-state index < -0.39 is 5.97 Å². The highest BCUT2D eigenvalue weighted by atomic mass is 32.2. The summed E-state index contributed by atoms with van der Waals surface area (Å²) >= 11 is 1.49. The van der Waals surface area contributed by atoms with Gasteiger partial charge in [0.25, 0.3) is 0 Å². The number of carbonyl (C=O) groups excluding carboxylic acids is 3. The second-order valence-electron chi connectivity index (χ2n) is 4.49. The van der Waals surface area contributed by atoms with Crippen LogP contribution in [0.4, 0.5) is 0 Å². The van der Waals surface area contributed by atoms with E-state index in [4.69, 9.17) is 4.74 Å². The van der Waals surface area contributed by atoms with Gasteiger partial charge in [-0.25, -0.2) is 0 Å². The predicted molar refractivity (Wildman–Crippen MR) is 72.5 cm³/mol. The normalized spacial score (nSPS) is 14.9. The molecule has 2 amide bonds. The predicted octanol–water partition coefficient (Wildman–Crippen LogP) is 0.319. The molecule has 7 heteroatoms. The van der Waals surface area contributed by atoms with Crippen molar-refractivity contribution < 1.29 is 19.1 Å². The fourth-order valence-corrected chi connectivity index (χ4v) is 2.60. The summed E-state index contributed by atoms with van der Waals surface area (Å²) in [6.07, 6.45) is 0. The number of ether oxygens (including phenoxy) is 1. The van der Waals surface area contributed by atoms with Crippen LogP contribution in [0.25, 0.3) is 0 Å². The number of thioether (sulfide) groups is 1. The molecular formula is C12H20N2O4S. The van der Waals surface area contributed by atoms with E-state index in [1.54, 1.807) is 6.92 Å². The molecule has 1 aliphatic heterocycles. The van der Waals surface area contributed by atoms with E-state index in [1.165, 1.54) is 21.6 Å². The molecule has 0 aliphatic carbocycles. The van der Waals surface area contributed by atoms with E-state index in [-0.39, 0.29) is 30.9 Å². The Morgan fingerprint density at radius 3 is 2.63 bits per heavy atom. The first-order chi connectivity index (χ1) is 8.95. The molecule has 1 heterocycles. The van der Waals surface area contributed by atoms with Crippen LogP contribution in [0.2, 0.25) is 0 Å². The van der Waals surface area contributed by atoms with Crippen LogP contribution in [0.5, 0.6) is 0 Å². The highest BCUT2D eigenvalue weighted by Gasteiger charge is 2.27. The molecule has 19 heavy (non-hydrogen) atoms. The Kier molecular flexibility index (Phi) is 6.14. The van der Waals surface area contributed by atoms with E-state index >= 15 is 0 Å². The van der Waals surface area contributed by atoms with Crippen LogP contribution in [-0.4, -0.2) is 65.0 Å². The summed E-state index contributed by atoms with van der Waals surface area (Å²) in [6.45, 7) is 5.64. The lowest BCUT2D eigenvalue weighted by molar-refractivity contribution is -0.150. The third-order valence-corrected chi connectivity index (χ3v) is 3.65. The van der Waals surface area contributed by atoms with Gasteiger partial charge >= 0.3 is 5.97 Å². The lowest BCUT2D eigenvalue weighted by Gasteiger charge is -2.27. The van der Waals surface area contributed by atoms with Gasteiger partial charge in [0.15, 0.2) is 0 Å². The Morgan fingerprint density at radius 2 is 2.16 bits per heavy atom. The minimum atomic E-state index is -0.424. The molecule has 0 bridgehead atoms. The van der Waals surface area contributed by atoms with Crippen molar-refractivity contribution in [1.82, 2.24) is 9.80 Å². The molecule has 1 rings (SSSR count). The Labute approximate surface area is 117 Å². The zero-order chi connectivity index (χ0) is 14.4. The van der Waals surface area contributed by atoms with Crippen molar-refractivity contribution in [3.63, 3.8) is 0 Å². The maximum atomic E-state index is 12.1. The van der Waals surface area contributed by atoms with Gasteiger partial charge in [-0.2, -0.15) is 0 Å². The van der Waals surface area contributed by atoms with Crippen LogP contribution in [0.3, 0.4) is 0 Å². The van der Waals surface area contributed by atoms with Gasteiger partial charge in [-0.3, -0.25) is 14.4 Å². The van der Waals surface area contributed by atoms with Gasteiger partial charge in [0.1, 0.15) is 13.1 Å². The molecule has 0 N–H and O–H groups in total. The molecule has 0 aromatic heterocycles.